The second-order valence-corrected chi connectivity index (χ2v) is 5.53. The van der Waals surface area contributed by atoms with Gasteiger partial charge in [-0.3, -0.25) is 9.59 Å². The highest BCUT2D eigenvalue weighted by atomic mass is 19.4. The lowest BCUT2D eigenvalue weighted by molar-refractivity contribution is -0.187. The van der Waals surface area contributed by atoms with Gasteiger partial charge in [-0.15, -0.1) is 0 Å². The Bertz CT molecular complexity index is 398. The van der Waals surface area contributed by atoms with E-state index >= 15 is 0 Å². The van der Waals surface area contributed by atoms with Crippen LogP contribution in [0.4, 0.5) is 13.2 Å². The van der Waals surface area contributed by atoms with E-state index < -0.39 is 18.1 Å². The van der Waals surface area contributed by atoms with Gasteiger partial charge in [-0.2, -0.15) is 13.2 Å². The van der Waals surface area contributed by atoms with Crippen LogP contribution in [0.3, 0.4) is 0 Å². The van der Waals surface area contributed by atoms with Gasteiger partial charge in [0.2, 0.25) is 5.91 Å². The third-order valence-electron chi connectivity index (χ3n) is 4.13. The van der Waals surface area contributed by atoms with E-state index in [4.69, 9.17) is 0 Å². The number of likely N-dealkylation sites (tertiary alicyclic amines) is 2. The van der Waals surface area contributed by atoms with E-state index in [1.807, 2.05) is 6.92 Å². The fourth-order valence-electron chi connectivity index (χ4n) is 3.05. The third-order valence-corrected chi connectivity index (χ3v) is 4.13. The lowest BCUT2D eigenvalue weighted by Gasteiger charge is -2.37. The molecule has 2 atom stereocenters. The van der Waals surface area contributed by atoms with Crippen molar-refractivity contribution in [1.29, 1.82) is 0 Å². The van der Waals surface area contributed by atoms with E-state index in [1.54, 1.807) is 4.90 Å². The predicted molar refractivity (Wildman–Crippen MR) is 65.8 cm³/mol. The summed E-state index contributed by atoms with van der Waals surface area (Å²) in [5, 5.41) is 0. The summed E-state index contributed by atoms with van der Waals surface area (Å²) >= 11 is 0. The van der Waals surface area contributed by atoms with Gasteiger partial charge >= 0.3 is 12.1 Å². The van der Waals surface area contributed by atoms with Gasteiger partial charge < -0.3 is 9.80 Å². The first-order chi connectivity index (χ1) is 9.32. The largest absolute Gasteiger partial charge is 0.471 e. The Kier molecular flexibility index (Phi) is 4.25. The molecule has 7 heteroatoms. The molecule has 2 rings (SSSR count). The predicted octanol–water partition coefficient (Wildman–Crippen LogP) is 1.94. The Morgan fingerprint density at radius 1 is 1.00 bits per heavy atom. The number of hydrogen-bond donors (Lipinski definition) is 0. The molecule has 0 aromatic rings. The van der Waals surface area contributed by atoms with Gasteiger partial charge in [0, 0.05) is 19.1 Å². The van der Waals surface area contributed by atoms with Crippen molar-refractivity contribution in [2.75, 3.05) is 13.1 Å². The fraction of sp³-hybridized carbons (Fsp3) is 0.846. The van der Waals surface area contributed by atoms with Gasteiger partial charge in [0.05, 0.1) is 0 Å². The lowest BCUT2D eigenvalue weighted by atomic mass is 10.0. The monoisotopic (exact) mass is 292 g/mol. The van der Waals surface area contributed by atoms with Crippen LogP contribution in [0, 0.1) is 0 Å². The van der Waals surface area contributed by atoms with Gasteiger partial charge in [0.25, 0.3) is 0 Å². The van der Waals surface area contributed by atoms with Gasteiger partial charge in [-0.1, -0.05) is 0 Å². The number of amides is 2. The van der Waals surface area contributed by atoms with E-state index in [9.17, 15) is 22.8 Å². The zero-order valence-electron chi connectivity index (χ0n) is 11.4. The van der Waals surface area contributed by atoms with Gasteiger partial charge in [0.1, 0.15) is 6.04 Å². The van der Waals surface area contributed by atoms with E-state index in [-0.39, 0.29) is 18.5 Å². The highest BCUT2D eigenvalue weighted by Gasteiger charge is 2.48. The first-order valence-electron chi connectivity index (χ1n) is 7.00. The van der Waals surface area contributed by atoms with Crippen LogP contribution < -0.4 is 0 Å². The van der Waals surface area contributed by atoms with Crippen molar-refractivity contribution in [2.24, 2.45) is 0 Å². The first kappa shape index (κ1) is 15.1. The topological polar surface area (TPSA) is 40.6 Å². The summed E-state index contributed by atoms with van der Waals surface area (Å²) in [6, 6.07) is -0.899. The van der Waals surface area contributed by atoms with Crippen molar-refractivity contribution in [1.82, 2.24) is 9.80 Å². The summed E-state index contributed by atoms with van der Waals surface area (Å²) in [6.07, 6.45) is -1.37. The molecule has 2 aliphatic heterocycles. The first-order valence-corrected chi connectivity index (χ1v) is 7.00. The number of hydrogen-bond acceptors (Lipinski definition) is 2. The maximum atomic E-state index is 12.5. The summed E-state index contributed by atoms with van der Waals surface area (Å²) in [5.74, 6) is -2.22. The van der Waals surface area contributed by atoms with Gasteiger partial charge in [-0.25, -0.2) is 0 Å². The molecule has 2 saturated heterocycles. The number of rotatable bonds is 1. The average Bonchev–Trinajstić information content (AvgIpc) is 2.85. The van der Waals surface area contributed by atoms with Crippen molar-refractivity contribution >= 4 is 11.8 Å². The Hall–Kier alpha value is -1.27. The van der Waals surface area contributed by atoms with Gasteiger partial charge in [-0.05, 0) is 39.0 Å². The number of carbonyl (C=O) groups is 2. The van der Waals surface area contributed by atoms with E-state index in [1.165, 1.54) is 0 Å². The van der Waals surface area contributed by atoms with E-state index in [2.05, 4.69) is 0 Å². The summed E-state index contributed by atoms with van der Waals surface area (Å²) in [6.45, 7) is 2.49. The summed E-state index contributed by atoms with van der Waals surface area (Å²) in [5.41, 5.74) is 0. The summed E-state index contributed by atoms with van der Waals surface area (Å²) < 4.78 is 37.6. The Morgan fingerprint density at radius 3 is 2.25 bits per heavy atom. The molecule has 0 N–H and O–H groups in total. The molecule has 0 bridgehead atoms. The van der Waals surface area contributed by atoms with Crippen LogP contribution in [-0.2, 0) is 9.59 Å². The summed E-state index contributed by atoms with van der Waals surface area (Å²) in [7, 11) is 0. The molecule has 0 spiro atoms. The molecular formula is C13H19F3N2O2. The van der Waals surface area contributed by atoms with Crippen LogP contribution in [-0.4, -0.2) is 53.0 Å². The Labute approximate surface area is 115 Å². The lowest BCUT2D eigenvalue weighted by Crippen LogP contribution is -2.54. The highest BCUT2D eigenvalue weighted by molar-refractivity contribution is 5.90. The molecule has 0 aliphatic carbocycles. The van der Waals surface area contributed by atoms with Crippen molar-refractivity contribution < 1.29 is 22.8 Å². The van der Waals surface area contributed by atoms with Crippen molar-refractivity contribution in [2.45, 2.75) is 57.3 Å². The minimum atomic E-state index is -4.91. The number of halogens is 3. The van der Waals surface area contributed by atoms with Crippen LogP contribution in [0.25, 0.3) is 0 Å². The quantitative estimate of drug-likeness (QED) is 0.741. The van der Waals surface area contributed by atoms with Crippen LogP contribution in [0.2, 0.25) is 0 Å². The smallest absolute Gasteiger partial charge is 0.338 e. The zero-order valence-corrected chi connectivity index (χ0v) is 11.4. The normalized spacial score (nSPS) is 27.8. The SMILES string of the molecule is CC1CCCCN1C(=O)C1CCCN1C(=O)C(F)(F)F. The Morgan fingerprint density at radius 2 is 1.65 bits per heavy atom. The molecule has 114 valence electrons. The minimum Gasteiger partial charge on any atom is -0.338 e. The van der Waals surface area contributed by atoms with Crippen molar-refractivity contribution in [3.8, 4) is 0 Å². The molecule has 2 unspecified atom stereocenters. The standard InChI is InChI=1S/C13H19F3N2O2/c1-9-5-2-3-7-17(9)11(19)10-6-4-8-18(10)12(20)13(14,15)16/h9-10H,2-8H2,1H3. The van der Waals surface area contributed by atoms with Crippen LogP contribution in [0.1, 0.15) is 39.0 Å². The fourth-order valence-corrected chi connectivity index (χ4v) is 3.05. The molecular weight excluding hydrogens is 273 g/mol. The molecule has 2 amide bonds. The van der Waals surface area contributed by atoms with Crippen LogP contribution in [0.5, 0.6) is 0 Å². The summed E-state index contributed by atoms with van der Waals surface area (Å²) in [4.78, 5) is 26.1. The van der Waals surface area contributed by atoms with E-state index in [0.717, 1.165) is 19.3 Å². The molecule has 2 fully saturated rings. The van der Waals surface area contributed by atoms with Crippen molar-refractivity contribution in [3.05, 3.63) is 0 Å². The Balaban J connectivity index is 2.10. The highest BCUT2D eigenvalue weighted by Crippen LogP contribution is 2.28. The molecule has 20 heavy (non-hydrogen) atoms. The van der Waals surface area contributed by atoms with Crippen LogP contribution >= 0.6 is 0 Å². The molecule has 0 radical (unpaired) electrons. The molecule has 4 nitrogen and oxygen atoms in total. The average molecular weight is 292 g/mol. The molecule has 0 aromatic heterocycles. The maximum absolute atomic E-state index is 12.5. The van der Waals surface area contributed by atoms with Gasteiger partial charge in [0.15, 0.2) is 0 Å². The maximum Gasteiger partial charge on any atom is 0.471 e. The number of nitrogens with zero attached hydrogens (tertiary/aromatic N) is 2. The van der Waals surface area contributed by atoms with Crippen molar-refractivity contribution in [3.63, 3.8) is 0 Å². The van der Waals surface area contributed by atoms with E-state index in [0.29, 0.717) is 24.3 Å². The molecule has 0 aromatic carbocycles. The second kappa shape index (κ2) is 5.61. The zero-order chi connectivity index (χ0) is 14.9. The third kappa shape index (κ3) is 2.91. The number of piperidine rings is 1. The minimum absolute atomic E-state index is 0.0109. The second-order valence-electron chi connectivity index (χ2n) is 5.53. The number of carbonyl (C=O) groups excluding carboxylic acids is 2. The molecule has 2 heterocycles. The number of alkyl halides is 3. The van der Waals surface area contributed by atoms with Crippen LogP contribution in [0.15, 0.2) is 0 Å². The molecule has 2 aliphatic rings. The molecule has 0 saturated carbocycles.